The Morgan fingerprint density at radius 3 is 2.24 bits per heavy atom. The van der Waals surface area contributed by atoms with Crippen LogP contribution in [0.3, 0.4) is 0 Å². The number of likely N-dealkylation sites (tertiary alicyclic amines) is 1. The monoisotopic (exact) mass is 292 g/mol. The van der Waals surface area contributed by atoms with Crippen LogP contribution in [0.4, 0.5) is 0 Å². The molecule has 0 radical (unpaired) electrons. The third-order valence-corrected chi connectivity index (χ3v) is 4.74. The van der Waals surface area contributed by atoms with E-state index in [9.17, 15) is 9.90 Å². The van der Waals surface area contributed by atoms with Gasteiger partial charge in [0.2, 0.25) is 0 Å². The summed E-state index contributed by atoms with van der Waals surface area (Å²) >= 11 is 0. The van der Waals surface area contributed by atoms with Crippen LogP contribution in [0.2, 0.25) is 0 Å². The molecule has 1 atom stereocenters. The maximum absolute atomic E-state index is 12.7. The van der Waals surface area contributed by atoms with Crippen LogP contribution >= 0.6 is 0 Å². The first-order valence-corrected chi connectivity index (χ1v) is 7.98. The van der Waals surface area contributed by atoms with Crippen LogP contribution in [0.15, 0.2) is 6.07 Å². The summed E-state index contributed by atoms with van der Waals surface area (Å²) in [7, 11) is 0. The van der Waals surface area contributed by atoms with Crippen LogP contribution in [-0.2, 0) is 0 Å². The van der Waals surface area contributed by atoms with Crippen molar-refractivity contribution in [1.82, 2.24) is 9.47 Å². The summed E-state index contributed by atoms with van der Waals surface area (Å²) in [5, 5.41) is 9.66. The van der Waals surface area contributed by atoms with E-state index in [1.807, 2.05) is 24.8 Å². The van der Waals surface area contributed by atoms with Gasteiger partial charge in [-0.25, -0.2) is 0 Å². The third kappa shape index (κ3) is 3.15. The fraction of sp³-hybridized carbons (Fsp3) is 0.706. The largest absolute Gasteiger partial charge is 0.393 e. The lowest BCUT2D eigenvalue weighted by atomic mass is 9.92. The molecule has 1 aliphatic heterocycles. The molecule has 1 fully saturated rings. The number of rotatable bonds is 3. The zero-order valence-corrected chi connectivity index (χ0v) is 13.9. The van der Waals surface area contributed by atoms with Crippen molar-refractivity contribution in [1.29, 1.82) is 0 Å². The van der Waals surface area contributed by atoms with E-state index in [0.717, 1.165) is 42.9 Å². The van der Waals surface area contributed by atoms with Gasteiger partial charge in [0.05, 0.1) is 11.7 Å². The Morgan fingerprint density at radius 2 is 1.81 bits per heavy atom. The van der Waals surface area contributed by atoms with Gasteiger partial charge < -0.3 is 14.6 Å². The van der Waals surface area contributed by atoms with Gasteiger partial charge in [-0.2, -0.15) is 0 Å². The normalized spacial score (nSPS) is 18.3. The van der Waals surface area contributed by atoms with Crippen molar-refractivity contribution in [3.63, 3.8) is 0 Å². The van der Waals surface area contributed by atoms with Crippen molar-refractivity contribution in [2.75, 3.05) is 13.1 Å². The summed E-state index contributed by atoms with van der Waals surface area (Å²) in [6.45, 7) is 11.7. The summed E-state index contributed by atoms with van der Waals surface area (Å²) in [5.74, 6) is 0.469. The Balaban J connectivity index is 2.13. The first-order chi connectivity index (χ1) is 9.82. The highest BCUT2D eigenvalue weighted by atomic mass is 16.3. The smallest absolute Gasteiger partial charge is 0.255 e. The predicted octanol–water partition coefficient (Wildman–Crippen LogP) is 2.92. The lowest BCUT2D eigenvalue weighted by Gasteiger charge is -2.33. The van der Waals surface area contributed by atoms with Gasteiger partial charge in [0.25, 0.3) is 5.91 Å². The van der Waals surface area contributed by atoms with E-state index in [1.54, 1.807) is 0 Å². The van der Waals surface area contributed by atoms with Gasteiger partial charge in [-0.3, -0.25) is 4.79 Å². The molecular formula is C17H28N2O2. The maximum atomic E-state index is 12.7. The molecule has 4 heteroatoms. The quantitative estimate of drug-likeness (QED) is 0.931. The third-order valence-electron chi connectivity index (χ3n) is 4.74. The lowest BCUT2D eigenvalue weighted by Crippen LogP contribution is -2.40. The molecule has 4 nitrogen and oxygen atoms in total. The van der Waals surface area contributed by atoms with Crippen LogP contribution in [0.25, 0.3) is 0 Å². The van der Waals surface area contributed by atoms with E-state index >= 15 is 0 Å². The van der Waals surface area contributed by atoms with Crippen LogP contribution in [0, 0.1) is 19.8 Å². The van der Waals surface area contributed by atoms with E-state index < -0.39 is 0 Å². The number of piperidine rings is 1. The molecule has 1 N–H and O–H groups in total. The summed E-state index contributed by atoms with van der Waals surface area (Å²) in [5.41, 5.74) is 3.03. The van der Waals surface area contributed by atoms with Crippen LogP contribution in [-0.4, -0.2) is 39.7 Å². The van der Waals surface area contributed by atoms with Crippen molar-refractivity contribution in [2.45, 2.75) is 59.6 Å². The van der Waals surface area contributed by atoms with Crippen molar-refractivity contribution in [3.05, 3.63) is 23.0 Å². The zero-order valence-electron chi connectivity index (χ0n) is 13.9. The summed E-state index contributed by atoms with van der Waals surface area (Å²) in [4.78, 5) is 14.7. The molecule has 0 aliphatic carbocycles. The van der Waals surface area contributed by atoms with E-state index in [2.05, 4.69) is 25.3 Å². The van der Waals surface area contributed by atoms with E-state index in [0.29, 0.717) is 12.0 Å². The number of hydrogen-bond donors (Lipinski definition) is 1. The number of carbonyl (C=O) groups is 1. The minimum atomic E-state index is -0.270. The molecule has 1 unspecified atom stereocenters. The lowest BCUT2D eigenvalue weighted by molar-refractivity contribution is 0.0520. The van der Waals surface area contributed by atoms with Crippen LogP contribution < -0.4 is 0 Å². The predicted molar refractivity (Wildman–Crippen MR) is 84.6 cm³/mol. The first-order valence-electron chi connectivity index (χ1n) is 7.98. The fourth-order valence-corrected chi connectivity index (χ4v) is 3.54. The summed E-state index contributed by atoms with van der Waals surface area (Å²) in [6.07, 6.45) is 1.52. The molecule has 0 saturated carbocycles. The molecule has 118 valence electrons. The topological polar surface area (TPSA) is 45.5 Å². The molecular weight excluding hydrogens is 264 g/mol. The number of nitrogens with zero attached hydrogens (tertiary/aromatic N) is 2. The van der Waals surface area contributed by atoms with Gasteiger partial charge in [-0.15, -0.1) is 0 Å². The highest BCUT2D eigenvalue weighted by Crippen LogP contribution is 2.25. The number of amides is 1. The molecule has 21 heavy (non-hydrogen) atoms. The van der Waals surface area contributed by atoms with Gasteiger partial charge in [-0.1, -0.05) is 0 Å². The average Bonchev–Trinajstić information content (AvgIpc) is 2.73. The Hall–Kier alpha value is -1.29. The average molecular weight is 292 g/mol. The van der Waals surface area contributed by atoms with Gasteiger partial charge in [0.1, 0.15) is 0 Å². The molecule has 2 heterocycles. The molecule has 0 aromatic carbocycles. The second-order valence-electron chi connectivity index (χ2n) is 6.62. The minimum Gasteiger partial charge on any atom is -0.393 e. The highest BCUT2D eigenvalue weighted by molar-refractivity contribution is 5.95. The van der Waals surface area contributed by atoms with Crippen LogP contribution in [0.1, 0.15) is 61.4 Å². The number of aliphatic hydroxyl groups is 1. The molecule has 1 aromatic rings. The molecule has 1 saturated heterocycles. The molecule has 1 aliphatic rings. The summed E-state index contributed by atoms with van der Waals surface area (Å²) in [6, 6.07) is 2.38. The Labute approximate surface area is 127 Å². The second kappa shape index (κ2) is 6.22. The van der Waals surface area contributed by atoms with E-state index in [4.69, 9.17) is 0 Å². The van der Waals surface area contributed by atoms with Gasteiger partial charge in [0, 0.05) is 30.5 Å². The molecule has 1 amide bonds. The summed E-state index contributed by atoms with van der Waals surface area (Å²) < 4.78 is 2.22. The van der Waals surface area contributed by atoms with Crippen molar-refractivity contribution < 1.29 is 9.90 Å². The second-order valence-corrected chi connectivity index (χ2v) is 6.62. The standard InChI is InChI=1S/C17H28N2O2/c1-11(2)19-12(3)10-16(13(19)4)17(21)18-8-6-15(7-9-18)14(5)20/h10-11,14-15,20H,6-9H2,1-5H3. The van der Waals surface area contributed by atoms with Crippen molar-refractivity contribution in [2.24, 2.45) is 5.92 Å². The highest BCUT2D eigenvalue weighted by Gasteiger charge is 2.28. The molecule has 2 rings (SSSR count). The fourth-order valence-electron chi connectivity index (χ4n) is 3.54. The van der Waals surface area contributed by atoms with Crippen molar-refractivity contribution >= 4 is 5.91 Å². The van der Waals surface area contributed by atoms with Crippen LogP contribution in [0.5, 0.6) is 0 Å². The Kier molecular flexibility index (Phi) is 4.77. The van der Waals surface area contributed by atoms with Gasteiger partial charge in [-0.05, 0) is 59.4 Å². The number of aryl methyl sites for hydroxylation is 1. The SMILES string of the molecule is Cc1cc(C(=O)N2CCC(C(C)O)CC2)c(C)n1C(C)C. The Morgan fingerprint density at radius 1 is 1.24 bits per heavy atom. The van der Waals surface area contributed by atoms with Gasteiger partial charge in [0.15, 0.2) is 0 Å². The first kappa shape index (κ1) is 16.1. The van der Waals surface area contributed by atoms with Crippen molar-refractivity contribution in [3.8, 4) is 0 Å². The number of aromatic nitrogens is 1. The number of carbonyl (C=O) groups excluding carboxylic acids is 1. The van der Waals surface area contributed by atoms with Gasteiger partial charge >= 0.3 is 0 Å². The molecule has 0 bridgehead atoms. The number of aliphatic hydroxyl groups excluding tert-OH is 1. The zero-order chi connectivity index (χ0) is 15.7. The minimum absolute atomic E-state index is 0.138. The van der Waals surface area contributed by atoms with E-state index in [1.165, 1.54) is 0 Å². The maximum Gasteiger partial charge on any atom is 0.255 e. The van der Waals surface area contributed by atoms with E-state index in [-0.39, 0.29) is 12.0 Å². The molecule has 1 aromatic heterocycles. The number of hydrogen-bond acceptors (Lipinski definition) is 2. The Bertz CT molecular complexity index is 509. The molecule has 0 spiro atoms.